The predicted octanol–water partition coefficient (Wildman–Crippen LogP) is 0.514. The fraction of sp³-hybridized carbons (Fsp3) is 0.462. The molecule has 0 saturated heterocycles. The smallest absolute Gasteiger partial charge is 0.321 e. The van der Waals surface area contributed by atoms with Gasteiger partial charge in [0.2, 0.25) is 0 Å². The monoisotopic (exact) mass is 268 g/mol. The minimum atomic E-state index is -1.02. The molecule has 4 N–H and O–H groups in total. The molecule has 19 heavy (non-hydrogen) atoms. The molecule has 0 aromatic heterocycles. The lowest BCUT2D eigenvalue weighted by molar-refractivity contribution is -0.138. The highest BCUT2D eigenvalue weighted by atomic mass is 16.5. The lowest BCUT2D eigenvalue weighted by Gasteiger charge is -2.14. The van der Waals surface area contributed by atoms with E-state index >= 15 is 0 Å². The largest absolute Gasteiger partial charge is 0.493 e. The van der Waals surface area contributed by atoms with E-state index in [-0.39, 0.29) is 6.54 Å². The molecule has 0 aliphatic carbocycles. The Morgan fingerprint density at radius 2 is 1.95 bits per heavy atom. The van der Waals surface area contributed by atoms with Crippen molar-refractivity contribution in [3.05, 3.63) is 23.3 Å². The number of aryl methyl sites for hydroxylation is 1. The van der Waals surface area contributed by atoms with Gasteiger partial charge in [0.25, 0.3) is 0 Å². The van der Waals surface area contributed by atoms with Crippen molar-refractivity contribution in [1.82, 2.24) is 5.32 Å². The maximum Gasteiger partial charge on any atom is 0.321 e. The fourth-order valence-electron chi connectivity index (χ4n) is 1.66. The molecule has 0 bridgehead atoms. The predicted molar refractivity (Wildman–Crippen MR) is 71.6 cm³/mol. The maximum atomic E-state index is 10.6. The molecule has 0 aliphatic heterocycles. The highest BCUT2D eigenvalue weighted by Gasteiger charge is 2.12. The first-order chi connectivity index (χ1) is 8.99. The van der Waals surface area contributed by atoms with Crippen LogP contribution in [-0.4, -0.2) is 37.9 Å². The van der Waals surface area contributed by atoms with Crippen LogP contribution in [0.2, 0.25) is 0 Å². The molecule has 0 fully saturated rings. The van der Waals surface area contributed by atoms with E-state index in [0.29, 0.717) is 18.0 Å². The summed E-state index contributed by atoms with van der Waals surface area (Å²) >= 11 is 0. The van der Waals surface area contributed by atoms with Gasteiger partial charge in [-0.1, -0.05) is 0 Å². The molecule has 1 aromatic rings. The first-order valence-electron chi connectivity index (χ1n) is 5.90. The molecule has 1 rings (SSSR count). The molecule has 0 saturated carbocycles. The summed E-state index contributed by atoms with van der Waals surface area (Å²) in [6, 6.07) is 2.85. The minimum Gasteiger partial charge on any atom is -0.493 e. The zero-order valence-corrected chi connectivity index (χ0v) is 11.4. The van der Waals surface area contributed by atoms with Crippen LogP contribution in [0.15, 0.2) is 12.1 Å². The van der Waals surface area contributed by atoms with Crippen LogP contribution in [0.25, 0.3) is 0 Å². The number of aliphatic carboxylic acids is 1. The Kier molecular flexibility index (Phi) is 5.59. The number of nitrogens with two attached hydrogens (primary N) is 1. The van der Waals surface area contributed by atoms with E-state index in [2.05, 4.69) is 5.32 Å². The first-order valence-corrected chi connectivity index (χ1v) is 5.90. The van der Waals surface area contributed by atoms with Crippen LogP contribution in [-0.2, 0) is 11.3 Å². The highest BCUT2D eigenvalue weighted by molar-refractivity contribution is 5.73. The van der Waals surface area contributed by atoms with Crippen molar-refractivity contribution >= 4 is 5.97 Å². The number of hydrogen-bond acceptors (Lipinski definition) is 5. The number of carboxylic acids is 1. The topological polar surface area (TPSA) is 93.8 Å². The Morgan fingerprint density at radius 3 is 2.47 bits per heavy atom. The highest BCUT2D eigenvalue weighted by Crippen LogP contribution is 2.30. The summed E-state index contributed by atoms with van der Waals surface area (Å²) < 4.78 is 10.4. The minimum absolute atomic E-state index is 0.211. The summed E-state index contributed by atoms with van der Waals surface area (Å²) in [7, 11) is 3.16. The third kappa shape index (κ3) is 4.11. The van der Waals surface area contributed by atoms with Gasteiger partial charge in [-0.3, -0.25) is 4.79 Å². The van der Waals surface area contributed by atoms with Gasteiger partial charge in [-0.25, -0.2) is 0 Å². The van der Waals surface area contributed by atoms with E-state index in [9.17, 15) is 4.79 Å². The van der Waals surface area contributed by atoms with E-state index in [4.69, 9.17) is 20.3 Å². The zero-order chi connectivity index (χ0) is 14.4. The van der Waals surface area contributed by atoms with Crippen LogP contribution in [0.1, 0.15) is 11.1 Å². The van der Waals surface area contributed by atoms with Crippen LogP contribution in [0, 0.1) is 6.92 Å². The molecule has 0 spiro atoms. The number of methoxy groups -OCH3 is 2. The summed E-state index contributed by atoms with van der Waals surface area (Å²) in [4.78, 5) is 10.6. The lowest BCUT2D eigenvalue weighted by Crippen LogP contribution is -2.40. The van der Waals surface area contributed by atoms with Gasteiger partial charge in [-0.05, 0) is 30.2 Å². The second-order valence-electron chi connectivity index (χ2n) is 4.21. The Morgan fingerprint density at radius 1 is 1.37 bits per heavy atom. The van der Waals surface area contributed by atoms with Gasteiger partial charge < -0.3 is 25.6 Å². The quantitative estimate of drug-likeness (QED) is 0.667. The summed E-state index contributed by atoms with van der Waals surface area (Å²) in [6.07, 6.45) is 0. The number of benzene rings is 1. The number of hydrogen-bond donors (Lipinski definition) is 3. The van der Waals surface area contributed by atoms with Crippen LogP contribution < -0.4 is 20.5 Å². The Hall–Kier alpha value is -1.79. The molecule has 6 heteroatoms. The van der Waals surface area contributed by atoms with Gasteiger partial charge in [0, 0.05) is 13.1 Å². The van der Waals surface area contributed by atoms with Crippen molar-refractivity contribution in [3.63, 3.8) is 0 Å². The fourth-order valence-corrected chi connectivity index (χ4v) is 1.66. The van der Waals surface area contributed by atoms with E-state index in [1.807, 2.05) is 19.1 Å². The van der Waals surface area contributed by atoms with Crippen molar-refractivity contribution in [2.24, 2.45) is 5.73 Å². The number of nitrogens with one attached hydrogen (secondary N) is 1. The van der Waals surface area contributed by atoms with Crippen molar-refractivity contribution in [2.75, 3.05) is 20.8 Å². The molecule has 0 aliphatic rings. The number of ether oxygens (including phenoxy) is 2. The SMILES string of the molecule is COc1cc(C)c(CNCC(N)C(=O)O)cc1OC. The van der Waals surface area contributed by atoms with Crippen LogP contribution in [0.4, 0.5) is 0 Å². The van der Waals surface area contributed by atoms with Crippen molar-refractivity contribution in [3.8, 4) is 11.5 Å². The summed E-state index contributed by atoms with van der Waals surface area (Å²) in [5, 5.41) is 11.7. The summed E-state index contributed by atoms with van der Waals surface area (Å²) in [5.41, 5.74) is 7.46. The maximum absolute atomic E-state index is 10.6. The second kappa shape index (κ2) is 6.96. The normalized spacial score (nSPS) is 12.0. The number of carboxylic acid groups (broad SMARTS) is 1. The van der Waals surface area contributed by atoms with E-state index in [0.717, 1.165) is 11.1 Å². The molecule has 0 radical (unpaired) electrons. The summed E-state index contributed by atoms with van der Waals surface area (Å²) in [6.45, 7) is 2.69. The lowest BCUT2D eigenvalue weighted by atomic mass is 10.1. The number of rotatable bonds is 7. The Balaban J connectivity index is 2.71. The van der Waals surface area contributed by atoms with Crippen molar-refractivity contribution < 1.29 is 19.4 Å². The van der Waals surface area contributed by atoms with Crippen LogP contribution in [0.3, 0.4) is 0 Å². The summed E-state index contributed by atoms with van der Waals surface area (Å²) in [5.74, 6) is 0.301. The molecule has 106 valence electrons. The zero-order valence-electron chi connectivity index (χ0n) is 11.4. The number of carbonyl (C=O) groups is 1. The van der Waals surface area contributed by atoms with E-state index in [1.165, 1.54) is 0 Å². The average molecular weight is 268 g/mol. The standard InChI is InChI=1S/C13H20N2O4/c1-8-4-11(18-2)12(19-3)5-9(8)6-15-7-10(14)13(16)17/h4-5,10,15H,6-7,14H2,1-3H3,(H,16,17). The third-order valence-corrected chi connectivity index (χ3v) is 2.84. The van der Waals surface area contributed by atoms with E-state index in [1.54, 1.807) is 14.2 Å². The van der Waals surface area contributed by atoms with Crippen molar-refractivity contribution in [1.29, 1.82) is 0 Å². The molecule has 6 nitrogen and oxygen atoms in total. The van der Waals surface area contributed by atoms with Crippen LogP contribution in [0.5, 0.6) is 11.5 Å². The molecular formula is C13H20N2O4. The average Bonchev–Trinajstić information content (AvgIpc) is 2.39. The molecule has 0 heterocycles. The van der Waals surface area contributed by atoms with Crippen molar-refractivity contribution in [2.45, 2.75) is 19.5 Å². The van der Waals surface area contributed by atoms with Gasteiger partial charge in [0.1, 0.15) is 6.04 Å². The third-order valence-electron chi connectivity index (χ3n) is 2.84. The molecular weight excluding hydrogens is 248 g/mol. The molecule has 0 amide bonds. The van der Waals surface area contributed by atoms with Gasteiger partial charge in [-0.15, -0.1) is 0 Å². The second-order valence-corrected chi connectivity index (χ2v) is 4.21. The van der Waals surface area contributed by atoms with Gasteiger partial charge in [-0.2, -0.15) is 0 Å². The van der Waals surface area contributed by atoms with Gasteiger partial charge >= 0.3 is 5.97 Å². The van der Waals surface area contributed by atoms with E-state index < -0.39 is 12.0 Å². The molecule has 1 atom stereocenters. The Labute approximate surface area is 112 Å². The van der Waals surface area contributed by atoms with Gasteiger partial charge in [0.15, 0.2) is 11.5 Å². The molecule has 1 unspecified atom stereocenters. The van der Waals surface area contributed by atoms with Crippen LogP contribution >= 0.6 is 0 Å². The van der Waals surface area contributed by atoms with Gasteiger partial charge in [0.05, 0.1) is 14.2 Å². The molecule has 1 aromatic carbocycles. The Bertz CT molecular complexity index is 449. The first kappa shape index (κ1) is 15.3.